The van der Waals surface area contributed by atoms with E-state index in [1.54, 1.807) is 42.5 Å². The van der Waals surface area contributed by atoms with Crippen molar-refractivity contribution in [3.05, 3.63) is 76.8 Å². The van der Waals surface area contributed by atoms with Gasteiger partial charge in [0, 0.05) is 10.6 Å². The number of imide groups is 1. The molecule has 0 radical (unpaired) electrons. The second-order valence-corrected chi connectivity index (χ2v) is 9.63. The van der Waals surface area contributed by atoms with E-state index in [1.807, 2.05) is 0 Å². The molecular formula is C26H20ClNO5. The maximum atomic E-state index is 13.4. The molecule has 0 aromatic heterocycles. The number of carbonyl (C=O) groups is 4. The molecule has 7 rings (SSSR count). The maximum absolute atomic E-state index is 13.4. The van der Waals surface area contributed by atoms with Crippen molar-refractivity contribution in [1.82, 2.24) is 0 Å². The molecule has 0 unspecified atom stereocenters. The summed E-state index contributed by atoms with van der Waals surface area (Å²) in [5.41, 5.74) is 0.683. The van der Waals surface area contributed by atoms with Crippen LogP contribution in [-0.4, -0.2) is 30.2 Å². The normalized spacial score (nSPS) is 30.8. The number of hydrogen-bond donors (Lipinski definition) is 0. The lowest BCUT2D eigenvalue weighted by molar-refractivity contribution is -0.124. The van der Waals surface area contributed by atoms with Gasteiger partial charge < -0.3 is 4.74 Å². The molecule has 1 saturated heterocycles. The second kappa shape index (κ2) is 7.39. The van der Waals surface area contributed by atoms with Crippen LogP contribution in [0.15, 0.2) is 60.7 Å². The van der Waals surface area contributed by atoms with Gasteiger partial charge in [-0.3, -0.25) is 14.4 Å². The Morgan fingerprint density at radius 2 is 1.52 bits per heavy atom. The zero-order chi connectivity index (χ0) is 22.9. The fourth-order valence-electron chi connectivity index (χ4n) is 5.96. The van der Waals surface area contributed by atoms with E-state index in [4.69, 9.17) is 16.3 Å². The van der Waals surface area contributed by atoms with Gasteiger partial charge in [0.2, 0.25) is 11.8 Å². The van der Waals surface area contributed by atoms with Gasteiger partial charge in [-0.1, -0.05) is 35.9 Å². The number of hydrogen-bond acceptors (Lipinski definition) is 5. The third kappa shape index (κ3) is 3.08. The fourth-order valence-corrected chi connectivity index (χ4v) is 6.09. The third-order valence-corrected chi connectivity index (χ3v) is 7.78. The maximum Gasteiger partial charge on any atom is 0.340 e. The minimum absolute atomic E-state index is 0.0900. The predicted molar refractivity (Wildman–Crippen MR) is 120 cm³/mol. The van der Waals surface area contributed by atoms with E-state index in [2.05, 4.69) is 12.2 Å². The summed E-state index contributed by atoms with van der Waals surface area (Å²) < 4.78 is 5.26. The molecule has 5 aliphatic rings. The summed E-state index contributed by atoms with van der Waals surface area (Å²) in [5.74, 6) is -1.14. The van der Waals surface area contributed by atoms with Crippen LogP contribution in [0.25, 0.3) is 0 Å². The summed E-state index contributed by atoms with van der Waals surface area (Å²) in [6.45, 7) is -0.459. The Hall–Kier alpha value is -3.25. The summed E-state index contributed by atoms with van der Waals surface area (Å²) in [5, 5.41) is 0.499. The number of anilines is 1. The average Bonchev–Trinajstić information content (AvgIpc) is 3.61. The average molecular weight is 462 g/mol. The number of carbonyl (C=O) groups excluding carboxylic acids is 4. The third-order valence-electron chi connectivity index (χ3n) is 7.53. The number of amides is 2. The van der Waals surface area contributed by atoms with Gasteiger partial charge >= 0.3 is 5.97 Å². The highest BCUT2D eigenvalue weighted by molar-refractivity contribution is 6.30. The quantitative estimate of drug-likeness (QED) is 0.291. The highest BCUT2D eigenvalue weighted by Crippen LogP contribution is 2.65. The van der Waals surface area contributed by atoms with E-state index in [-0.39, 0.29) is 52.5 Å². The van der Waals surface area contributed by atoms with E-state index in [1.165, 1.54) is 11.0 Å². The Labute approximate surface area is 195 Å². The topological polar surface area (TPSA) is 80.8 Å². The number of ketones is 1. The molecule has 2 amide bonds. The molecule has 33 heavy (non-hydrogen) atoms. The first-order chi connectivity index (χ1) is 16.0. The number of nitrogens with zero attached hydrogens (tertiary/aromatic N) is 1. The molecule has 3 fully saturated rings. The SMILES string of the molecule is O=C(COC(=O)c1ccccc1N1C(=O)[C@@H]2[C@@H]3C=C[C@H]([C@H]4C[C@H]34)[C@H]2C1=O)c1ccc(Cl)cc1. The Balaban J connectivity index is 1.24. The van der Waals surface area contributed by atoms with E-state index in [9.17, 15) is 19.2 Å². The monoisotopic (exact) mass is 461 g/mol. The highest BCUT2D eigenvalue weighted by Gasteiger charge is 2.67. The molecule has 4 aliphatic carbocycles. The Morgan fingerprint density at radius 1 is 0.909 bits per heavy atom. The summed E-state index contributed by atoms with van der Waals surface area (Å²) in [6.07, 6.45) is 5.30. The zero-order valence-corrected chi connectivity index (χ0v) is 18.3. The van der Waals surface area contributed by atoms with Crippen molar-refractivity contribution in [3.8, 4) is 0 Å². The van der Waals surface area contributed by atoms with Crippen LogP contribution in [0.5, 0.6) is 0 Å². The second-order valence-electron chi connectivity index (χ2n) is 9.19. The van der Waals surface area contributed by atoms with Crippen LogP contribution in [0.1, 0.15) is 27.1 Å². The molecule has 2 saturated carbocycles. The molecule has 0 spiro atoms. The Bertz CT molecular complexity index is 1200. The number of halogens is 1. The molecule has 2 aromatic rings. The summed E-state index contributed by atoms with van der Waals surface area (Å²) in [7, 11) is 0. The van der Waals surface area contributed by atoms with Crippen molar-refractivity contribution in [1.29, 1.82) is 0 Å². The van der Waals surface area contributed by atoms with Crippen LogP contribution in [0.4, 0.5) is 5.69 Å². The molecule has 7 heteroatoms. The van der Waals surface area contributed by atoms with Gasteiger partial charge in [-0.25, -0.2) is 9.69 Å². The molecule has 6 nitrogen and oxygen atoms in total. The number of ether oxygens (including phenoxy) is 1. The van der Waals surface area contributed by atoms with Crippen LogP contribution in [-0.2, 0) is 14.3 Å². The summed E-state index contributed by atoms with van der Waals surface area (Å²) >= 11 is 5.84. The lowest BCUT2D eigenvalue weighted by atomic mass is 9.63. The van der Waals surface area contributed by atoms with Crippen LogP contribution in [0.3, 0.4) is 0 Å². The number of allylic oxidation sites excluding steroid dienone is 2. The van der Waals surface area contributed by atoms with Crippen molar-refractivity contribution in [2.45, 2.75) is 6.42 Å². The lowest BCUT2D eigenvalue weighted by Gasteiger charge is -2.37. The van der Waals surface area contributed by atoms with Gasteiger partial charge in [0.25, 0.3) is 0 Å². The minimum Gasteiger partial charge on any atom is -0.454 e. The number of Topliss-reactive ketones (excluding diaryl/α,β-unsaturated/α-hetero) is 1. The largest absolute Gasteiger partial charge is 0.454 e. The van der Waals surface area contributed by atoms with Gasteiger partial charge in [-0.15, -0.1) is 0 Å². The van der Waals surface area contributed by atoms with Crippen LogP contribution < -0.4 is 4.90 Å². The van der Waals surface area contributed by atoms with E-state index < -0.39 is 12.6 Å². The highest BCUT2D eigenvalue weighted by atomic mass is 35.5. The molecule has 0 N–H and O–H groups in total. The number of esters is 1. The smallest absolute Gasteiger partial charge is 0.340 e. The first-order valence-electron chi connectivity index (χ1n) is 11.1. The molecule has 1 aliphatic heterocycles. The number of benzene rings is 2. The Kier molecular flexibility index (Phi) is 4.56. The first-order valence-corrected chi connectivity index (χ1v) is 11.4. The van der Waals surface area contributed by atoms with Crippen molar-refractivity contribution in [3.63, 3.8) is 0 Å². The van der Waals surface area contributed by atoms with Crippen LogP contribution in [0, 0.1) is 35.5 Å². The number of rotatable bonds is 5. The minimum atomic E-state index is -0.757. The van der Waals surface area contributed by atoms with Gasteiger partial charge in [0.1, 0.15) is 0 Å². The van der Waals surface area contributed by atoms with Gasteiger partial charge in [-0.2, -0.15) is 0 Å². The standard InChI is InChI=1S/C26H20ClNO5/c27-14-7-5-13(6-8-14)21(29)12-33-26(32)17-3-1-2-4-20(17)28-24(30)22-15-9-10-16(19-11-18(15)19)23(22)25(28)31/h1-10,15-16,18-19,22-23H,11-12H2/t15-,16-,18-,19-,22-,23-/m1/s1. The Morgan fingerprint density at radius 3 is 2.15 bits per heavy atom. The molecule has 2 bridgehead atoms. The van der Waals surface area contributed by atoms with Crippen LogP contribution >= 0.6 is 11.6 Å². The molecule has 166 valence electrons. The van der Waals surface area contributed by atoms with Gasteiger partial charge in [0.15, 0.2) is 12.4 Å². The summed E-state index contributed by atoms with van der Waals surface area (Å²) in [6, 6.07) is 12.7. The van der Waals surface area contributed by atoms with Crippen molar-refractivity contribution in [2.75, 3.05) is 11.5 Å². The van der Waals surface area contributed by atoms with E-state index in [0.717, 1.165) is 6.42 Å². The van der Waals surface area contributed by atoms with E-state index >= 15 is 0 Å². The lowest BCUT2D eigenvalue weighted by Crippen LogP contribution is -2.40. The first kappa shape index (κ1) is 20.4. The van der Waals surface area contributed by atoms with Crippen molar-refractivity contribution < 1.29 is 23.9 Å². The van der Waals surface area contributed by atoms with Crippen molar-refractivity contribution >= 4 is 40.9 Å². The van der Waals surface area contributed by atoms with Crippen molar-refractivity contribution in [2.24, 2.45) is 35.5 Å². The predicted octanol–water partition coefficient (Wildman–Crippen LogP) is 3.94. The van der Waals surface area contributed by atoms with Gasteiger partial charge in [0.05, 0.1) is 23.1 Å². The van der Waals surface area contributed by atoms with E-state index in [0.29, 0.717) is 22.4 Å². The summed E-state index contributed by atoms with van der Waals surface area (Å²) in [4.78, 5) is 53.3. The fraction of sp³-hybridized carbons (Fsp3) is 0.308. The zero-order valence-electron chi connectivity index (χ0n) is 17.5. The molecule has 6 atom stereocenters. The molecule has 2 aromatic carbocycles. The van der Waals surface area contributed by atoms with Gasteiger partial charge in [-0.05, 0) is 66.5 Å². The van der Waals surface area contributed by atoms with Crippen LogP contribution in [0.2, 0.25) is 5.02 Å². The number of para-hydroxylation sites is 1. The molecular weight excluding hydrogens is 442 g/mol. The molecule has 1 heterocycles.